The van der Waals surface area contributed by atoms with Crippen LogP contribution in [-0.2, 0) is 25.5 Å². The Labute approximate surface area is 177 Å². The Hall–Kier alpha value is -2.06. The van der Waals surface area contributed by atoms with Crippen LogP contribution >= 0.6 is 11.8 Å². The summed E-state index contributed by atoms with van der Waals surface area (Å²) in [5.41, 5.74) is 6.82. The van der Waals surface area contributed by atoms with Crippen molar-refractivity contribution < 1.29 is 19.1 Å². The van der Waals surface area contributed by atoms with Crippen LogP contribution in [0.15, 0.2) is 30.3 Å². The van der Waals surface area contributed by atoms with Crippen molar-refractivity contribution >= 4 is 29.5 Å². The number of carbonyl (C=O) groups is 3. The molecule has 3 unspecified atom stereocenters. The van der Waals surface area contributed by atoms with Crippen molar-refractivity contribution in [3.63, 3.8) is 0 Å². The molecule has 0 aliphatic carbocycles. The molecule has 1 aromatic carbocycles. The Bertz CT molecular complexity index is 655. The fourth-order valence-corrected chi connectivity index (χ4v) is 3.30. The summed E-state index contributed by atoms with van der Waals surface area (Å²) in [4.78, 5) is 37.5. The molecule has 1 aromatic rings. The molecule has 0 aliphatic heterocycles. The van der Waals surface area contributed by atoms with E-state index >= 15 is 0 Å². The van der Waals surface area contributed by atoms with Gasteiger partial charge in [0.2, 0.25) is 11.8 Å². The monoisotopic (exact) mass is 423 g/mol. The number of ether oxygens (including phenoxy) is 1. The summed E-state index contributed by atoms with van der Waals surface area (Å²) in [5, 5.41) is 5.48. The Balaban J connectivity index is 2.86. The highest BCUT2D eigenvalue weighted by molar-refractivity contribution is 7.98. The molecule has 3 atom stereocenters. The number of rotatable bonds is 12. The predicted octanol–water partition coefficient (Wildman–Crippen LogP) is 1.50. The van der Waals surface area contributed by atoms with Crippen LogP contribution in [0.25, 0.3) is 0 Å². The maximum absolute atomic E-state index is 12.9. The van der Waals surface area contributed by atoms with Crippen LogP contribution in [0.2, 0.25) is 0 Å². The number of thioether (sulfide) groups is 1. The van der Waals surface area contributed by atoms with Gasteiger partial charge in [0, 0.05) is 6.42 Å². The van der Waals surface area contributed by atoms with Gasteiger partial charge in [-0.2, -0.15) is 11.8 Å². The van der Waals surface area contributed by atoms with E-state index in [1.807, 2.05) is 50.4 Å². The fraction of sp³-hybridized carbons (Fsp3) is 0.571. The lowest BCUT2D eigenvalue weighted by atomic mass is 10.0. The largest absolute Gasteiger partial charge is 0.467 e. The van der Waals surface area contributed by atoms with Crippen molar-refractivity contribution in [2.45, 2.75) is 51.2 Å². The number of carbonyl (C=O) groups excluding carboxylic acids is 3. The smallest absolute Gasteiger partial charge is 0.328 e. The van der Waals surface area contributed by atoms with Gasteiger partial charge in [-0.1, -0.05) is 44.2 Å². The number of methoxy groups -OCH3 is 1. The SMILES string of the molecule is COC(=O)C(Cc1ccccc1)NC(=O)C(CC(C)C)NC(=O)C(N)CCSC. The van der Waals surface area contributed by atoms with E-state index in [0.717, 1.165) is 11.3 Å². The molecule has 0 saturated carbocycles. The van der Waals surface area contributed by atoms with E-state index in [-0.39, 0.29) is 11.8 Å². The van der Waals surface area contributed by atoms with E-state index in [0.29, 0.717) is 19.3 Å². The van der Waals surface area contributed by atoms with Crippen LogP contribution in [0.3, 0.4) is 0 Å². The van der Waals surface area contributed by atoms with Crippen LogP contribution < -0.4 is 16.4 Å². The second-order valence-electron chi connectivity index (χ2n) is 7.35. The molecule has 4 N–H and O–H groups in total. The lowest BCUT2D eigenvalue weighted by Gasteiger charge is -2.24. The van der Waals surface area contributed by atoms with Gasteiger partial charge in [-0.15, -0.1) is 0 Å². The van der Waals surface area contributed by atoms with E-state index < -0.39 is 30.0 Å². The quantitative estimate of drug-likeness (QED) is 0.440. The normalized spacial score (nSPS) is 14.0. The molecule has 0 saturated heterocycles. The Morgan fingerprint density at radius 2 is 1.69 bits per heavy atom. The van der Waals surface area contributed by atoms with Gasteiger partial charge in [-0.3, -0.25) is 9.59 Å². The van der Waals surface area contributed by atoms with Crippen LogP contribution in [0.1, 0.15) is 32.3 Å². The van der Waals surface area contributed by atoms with E-state index in [9.17, 15) is 14.4 Å². The van der Waals surface area contributed by atoms with Gasteiger partial charge in [0.15, 0.2) is 0 Å². The number of esters is 1. The highest BCUT2D eigenvalue weighted by Crippen LogP contribution is 2.09. The van der Waals surface area contributed by atoms with Gasteiger partial charge in [0.25, 0.3) is 0 Å². The molecule has 0 spiro atoms. The minimum atomic E-state index is -0.841. The van der Waals surface area contributed by atoms with Crippen molar-refractivity contribution in [2.75, 3.05) is 19.1 Å². The number of hydrogen-bond donors (Lipinski definition) is 3. The molecule has 8 heteroatoms. The van der Waals surface area contributed by atoms with E-state index in [1.54, 1.807) is 11.8 Å². The first kappa shape index (κ1) is 25.0. The Morgan fingerprint density at radius 3 is 2.24 bits per heavy atom. The van der Waals surface area contributed by atoms with E-state index in [2.05, 4.69) is 10.6 Å². The van der Waals surface area contributed by atoms with Gasteiger partial charge in [-0.05, 0) is 36.3 Å². The molecule has 0 aromatic heterocycles. The third-order valence-corrected chi connectivity index (χ3v) is 5.04. The molecule has 0 aliphatic rings. The molecule has 29 heavy (non-hydrogen) atoms. The minimum Gasteiger partial charge on any atom is -0.467 e. The van der Waals surface area contributed by atoms with Crippen LogP contribution in [0.5, 0.6) is 0 Å². The van der Waals surface area contributed by atoms with Crippen molar-refractivity contribution in [2.24, 2.45) is 11.7 Å². The standard InChI is InChI=1S/C21H33N3O4S/c1-14(2)12-17(23-19(25)16(22)10-11-29-4)20(26)24-18(21(27)28-3)13-15-8-6-5-7-9-15/h5-9,14,16-18H,10-13,22H2,1-4H3,(H,23,25)(H,24,26). The average Bonchev–Trinajstić information content (AvgIpc) is 2.70. The Morgan fingerprint density at radius 1 is 1.07 bits per heavy atom. The molecule has 2 amide bonds. The van der Waals surface area contributed by atoms with E-state index in [1.165, 1.54) is 7.11 Å². The third-order valence-electron chi connectivity index (χ3n) is 4.39. The fourth-order valence-electron chi connectivity index (χ4n) is 2.82. The van der Waals surface area contributed by atoms with Crippen molar-refractivity contribution in [3.05, 3.63) is 35.9 Å². The zero-order valence-electron chi connectivity index (χ0n) is 17.6. The molecule has 7 nitrogen and oxygen atoms in total. The lowest BCUT2D eigenvalue weighted by molar-refractivity contribution is -0.145. The molecular weight excluding hydrogens is 390 g/mol. The summed E-state index contributed by atoms with van der Waals surface area (Å²) in [6, 6.07) is 7.07. The second-order valence-corrected chi connectivity index (χ2v) is 8.34. The summed E-state index contributed by atoms with van der Waals surface area (Å²) >= 11 is 1.61. The van der Waals surface area contributed by atoms with Gasteiger partial charge < -0.3 is 21.1 Å². The van der Waals surface area contributed by atoms with Gasteiger partial charge >= 0.3 is 5.97 Å². The van der Waals surface area contributed by atoms with Crippen molar-refractivity contribution in [1.29, 1.82) is 0 Å². The summed E-state index contributed by atoms with van der Waals surface area (Å²) in [5.74, 6) is -0.391. The van der Waals surface area contributed by atoms with Crippen LogP contribution in [0.4, 0.5) is 0 Å². The number of amides is 2. The maximum atomic E-state index is 12.9. The first-order chi connectivity index (χ1) is 13.8. The van der Waals surface area contributed by atoms with Gasteiger partial charge in [-0.25, -0.2) is 4.79 Å². The zero-order chi connectivity index (χ0) is 21.8. The van der Waals surface area contributed by atoms with Crippen molar-refractivity contribution in [3.8, 4) is 0 Å². The lowest BCUT2D eigenvalue weighted by Crippen LogP contribution is -2.55. The number of benzene rings is 1. The van der Waals surface area contributed by atoms with Crippen molar-refractivity contribution in [1.82, 2.24) is 10.6 Å². The second kappa shape index (κ2) is 13.2. The van der Waals surface area contributed by atoms with Crippen LogP contribution in [-0.4, -0.2) is 55.0 Å². The average molecular weight is 424 g/mol. The van der Waals surface area contributed by atoms with Gasteiger partial charge in [0.1, 0.15) is 12.1 Å². The molecule has 0 bridgehead atoms. The third kappa shape index (κ3) is 9.32. The summed E-state index contributed by atoms with van der Waals surface area (Å²) in [7, 11) is 1.28. The number of nitrogens with one attached hydrogen (secondary N) is 2. The van der Waals surface area contributed by atoms with Gasteiger partial charge in [0.05, 0.1) is 13.2 Å². The predicted molar refractivity (Wildman–Crippen MR) is 116 cm³/mol. The number of hydrogen-bond acceptors (Lipinski definition) is 6. The first-order valence-corrected chi connectivity index (χ1v) is 11.1. The molecule has 162 valence electrons. The van der Waals surface area contributed by atoms with E-state index in [4.69, 9.17) is 10.5 Å². The molecule has 0 fully saturated rings. The molecular formula is C21H33N3O4S. The molecule has 0 radical (unpaired) electrons. The summed E-state index contributed by atoms with van der Waals surface area (Å²) in [6.07, 6.45) is 3.21. The summed E-state index contributed by atoms with van der Waals surface area (Å²) < 4.78 is 4.85. The zero-order valence-corrected chi connectivity index (χ0v) is 18.5. The highest BCUT2D eigenvalue weighted by Gasteiger charge is 2.29. The highest BCUT2D eigenvalue weighted by atomic mass is 32.2. The maximum Gasteiger partial charge on any atom is 0.328 e. The first-order valence-electron chi connectivity index (χ1n) is 9.75. The number of nitrogens with two attached hydrogens (primary N) is 1. The van der Waals surface area contributed by atoms with Crippen LogP contribution in [0, 0.1) is 5.92 Å². The minimum absolute atomic E-state index is 0.166. The topological polar surface area (TPSA) is 111 Å². The summed E-state index contributed by atoms with van der Waals surface area (Å²) in [6.45, 7) is 3.92. The molecule has 0 heterocycles. The molecule has 1 rings (SSSR count). The Kier molecular flexibility index (Phi) is 11.4.